The first kappa shape index (κ1) is 16.6. The van der Waals surface area contributed by atoms with Crippen LogP contribution >= 0.6 is 0 Å². The summed E-state index contributed by atoms with van der Waals surface area (Å²) in [5, 5.41) is 14.2. The molecule has 0 saturated heterocycles. The molecular formula is C16H22FN3O2. The minimum Gasteiger partial charge on any atom is -0.387 e. The van der Waals surface area contributed by atoms with Gasteiger partial charge >= 0.3 is 0 Å². The number of nitrogens with zero attached hydrogens (tertiary/aromatic N) is 3. The SMILES string of the molecule is Cc1nc(CN(CC(C)C)C[C@H](O)c2ccc(F)cc2)no1. The van der Waals surface area contributed by atoms with Gasteiger partial charge in [0.15, 0.2) is 5.82 Å². The van der Waals surface area contributed by atoms with Gasteiger partial charge in [0.05, 0.1) is 12.6 Å². The van der Waals surface area contributed by atoms with Gasteiger partial charge in [-0.2, -0.15) is 4.98 Å². The summed E-state index contributed by atoms with van der Waals surface area (Å²) in [4.78, 5) is 6.27. The van der Waals surface area contributed by atoms with Crippen molar-refractivity contribution < 1.29 is 14.0 Å². The predicted octanol–water partition coefficient (Wildman–Crippen LogP) is 2.71. The molecule has 2 aromatic rings. The molecule has 1 atom stereocenters. The summed E-state index contributed by atoms with van der Waals surface area (Å²) in [6, 6.07) is 5.92. The molecule has 0 fully saturated rings. The summed E-state index contributed by atoms with van der Waals surface area (Å²) >= 11 is 0. The first-order valence-electron chi connectivity index (χ1n) is 7.39. The van der Waals surface area contributed by atoms with Gasteiger partial charge in [0.1, 0.15) is 5.82 Å². The first-order valence-corrected chi connectivity index (χ1v) is 7.39. The molecular weight excluding hydrogens is 285 g/mol. The number of rotatable bonds is 7. The number of aliphatic hydroxyl groups is 1. The van der Waals surface area contributed by atoms with Crippen molar-refractivity contribution in [3.63, 3.8) is 0 Å². The Morgan fingerprint density at radius 1 is 1.23 bits per heavy atom. The first-order chi connectivity index (χ1) is 10.4. The number of benzene rings is 1. The van der Waals surface area contributed by atoms with E-state index in [1.165, 1.54) is 12.1 Å². The van der Waals surface area contributed by atoms with Gasteiger partial charge < -0.3 is 9.63 Å². The second-order valence-electron chi connectivity index (χ2n) is 5.88. The van der Waals surface area contributed by atoms with E-state index < -0.39 is 6.10 Å². The highest BCUT2D eigenvalue weighted by Gasteiger charge is 2.17. The minimum atomic E-state index is -0.688. The van der Waals surface area contributed by atoms with Gasteiger partial charge in [-0.25, -0.2) is 4.39 Å². The fourth-order valence-corrected chi connectivity index (χ4v) is 2.36. The molecule has 1 N–H and O–H groups in total. The van der Waals surface area contributed by atoms with Crippen LogP contribution in [0.3, 0.4) is 0 Å². The highest BCUT2D eigenvalue weighted by molar-refractivity contribution is 5.18. The molecule has 0 saturated carbocycles. The van der Waals surface area contributed by atoms with Gasteiger partial charge in [0.2, 0.25) is 5.89 Å². The van der Waals surface area contributed by atoms with Crippen LogP contribution < -0.4 is 0 Å². The van der Waals surface area contributed by atoms with Crippen molar-refractivity contribution in [2.75, 3.05) is 13.1 Å². The number of hydrogen-bond acceptors (Lipinski definition) is 5. The Kier molecular flexibility index (Phi) is 5.63. The minimum absolute atomic E-state index is 0.308. The zero-order valence-electron chi connectivity index (χ0n) is 13.2. The normalized spacial score (nSPS) is 13.0. The van der Waals surface area contributed by atoms with Crippen LogP contribution in [0.25, 0.3) is 0 Å². The third kappa shape index (κ3) is 4.89. The van der Waals surface area contributed by atoms with E-state index in [9.17, 15) is 9.50 Å². The van der Waals surface area contributed by atoms with E-state index in [0.717, 1.165) is 6.54 Å². The van der Waals surface area contributed by atoms with Gasteiger partial charge in [0.25, 0.3) is 0 Å². The third-order valence-corrected chi connectivity index (χ3v) is 3.24. The van der Waals surface area contributed by atoms with E-state index in [-0.39, 0.29) is 5.82 Å². The quantitative estimate of drug-likeness (QED) is 0.852. The third-order valence-electron chi connectivity index (χ3n) is 3.24. The average Bonchev–Trinajstić information content (AvgIpc) is 2.84. The Morgan fingerprint density at radius 3 is 2.45 bits per heavy atom. The van der Waals surface area contributed by atoms with Crippen LogP contribution in [0.2, 0.25) is 0 Å². The second-order valence-corrected chi connectivity index (χ2v) is 5.88. The van der Waals surface area contributed by atoms with Crippen molar-refractivity contribution in [2.45, 2.75) is 33.4 Å². The van der Waals surface area contributed by atoms with Crippen LogP contribution in [0.4, 0.5) is 4.39 Å². The van der Waals surface area contributed by atoms with Crippen LogP contribution in [0, 0.1) is 18.7 Å². The molecule has 0 aliphatic rings. The molecule has 0 amide bonds. The molecule has 22 heavy (non-hydrogen) atoms. The van der Waals surface area contributed by atoms with Crippen molar-refractivity contribution >= 4 is 0 Å². The summed E-state index contributed by atoms with van der Waals surface area (Å²) < 4.78 is 17.9. The molecule has 5 nitrogen and oxygen atoms in total. The summed E-state index contributed by atoms with van der Waals surface area (Å²) in [6.45, 7) is 7.70. The van der Waals surface area contributed by atoms with E-state index in [4.69, 9.17) is 4.52 Å². The maximum Gasteiger partial charge on any atom is 0.223 e. The van der Waals surface area contributed by atoms with Crippen molar-refractivity contribution in [3.8, 4) is 0 Å². The summed E-state index contributed by atoms with van der Waals surface area (Å²) in [7, 11) is 0. The highest BCUT2D eigenvalue weighted by atomic mass is 19.1. The number of halogens is 1. The van der Waals surface area contributed by atoms with Crippen molar-refractivity contribution in [3.05, 3.63) is 47.4 Å². The molecule has 0 radical (unpaired) electrons. The number of aryl methyl sites for hydroxylation is 1. The van der Waals surface area contributed by atoms with Crippen LogP contribution in [-0.2, 0) is 6.54 Å². The Labute approximate surface area is 129 Å². The predicted molar refractivity (Wildman–Crippen MR) is 80.5 cm³/mol. The lowest BCUT2D eigenvalue weighted by molar-refractivity contribution is 0.0995. The van der Waals surface area contributed by atoms with Gasteiger partial charge in [0, 0.05) is 20.0 Å². The summed E-state index contributed by atoms with van der Waals surface area (Å²) in [6.07, 6.45) is -0.688. The lowest BCUT2D eigenvalue weighted by Crippen LogP contribution is -2.32. The summed E-state index contributed by atoms with van der Waals surface area (Å²) in [5.74, 6) is 1.26. The van der Waals surface area contributed by atoms with E-state index in [2.05, 4.69) is 28.9 Å². The van der Waals surface area contributed by atoms with Crippen molar-refractivity contribution in [2.24, 2.45) is 5.92 Å². The number of hydrogen-bond donors (Lipinski definition) is 1. The zero-order chi connectivity index (χ0) is 16.1. The molecule has 1 heterocycles. The Morgan fingerprint density at radius 2 is 1.91 bits per heavy atom. The molecule has 6 heteroatoms. The lowest BCUT2D eigenvalue weighted by atomic mass is 10.1. The van der Waals surface area contributed by atoms with Gasteiger partial charge in [-0.05, 0) is 23.6 Å². The highest BCUT2D eigenvalue weighted by Crippen LogP contribution is 2.17. The molecule has 1 aromatic heterocycles. The molecule has 0 spiro atoms. The largest absolute Gasteiger partial charge is 0.387 e. The average molecular weight is 307 g/mol. The van der Waals surface area contributed by atoms with E-state index in [1.54, 1.807) is 19.1 Å². The lowest BCUT2D eigenvalue weighted by Gasteiger charge is -2.25. The molecule has 0 unspecified atom stereocenters. The van der Waals surface area contributed by atoms with Crippen molar-refractivity contribution in [1.82, 2.24) is 15.0 Å². The van der Waals surface area contributed by atoms with Gasteiger partial charge in [-0.15, -0.1) is 0 Å². The summed E-state index contributed by atoms with van der Waals surface area (Å²) in [5.41, 5.74) is 0.694. The molecule has 2 rings (SSSR count). The zero-order valence-corrected chi connectivity index (χ0v) is 13.2. The Bertz CT molecular complexity index is 583. The Hall–Kier alpha value is -1.79. The maximum atomic E-state index is 13.0. The van der Waals surface area contributed by atoms with E-state index >= 15 is 0 Å². The number of aromatic nitrogens is 2. The topological polar surface area (TPSA) is 62.4 Å². The smallest absolute Gasteiger partial charge is 0.223 e. The monoisotopic (exact) mass is 307 g/mol. The van der Waals surface area contributed by atoms with E-state index in [0.29, 0.717) is 36.3 Å². The molecule has 0 bridgehead atoms. The fourth-order valence-electron chi connectivity index (χ4n) is 2.36. The Balaban J connectivity index is 2.03. The second kappa shape index (κ2) is 7.47. The molecule has 1 aromatic carbocycles. The molecule has 0 aliphatic heterocycles. The van der Waals surface area contributed by atoms with Crippen LogP contribution in [0.5, 0.6) is 0 Å². The van der Waals surface area contributed by atoms with E-state index in [1.807, 2.05) is 0 Å². The van der Waals surface area contributed by atoms with Crippen LogP contribution in [-0.4, -0.2) is 33.2 Å². The number of aliphatic hydroxyl groups excluding tert-OH is 1. The van der Waals surface area contributed by atoms with Gasteiger partial charge in [-0.3, -0.25) is 4.90 Å². The van der Waals surface area contributed by atoms with Crippen LogP contribution in [0.15, 0.2) is 28.8 Å². The van der Waals surface area contributed by atoms with Gasteiger partial charge in [-0.1, -0.05) is 31.1 Å². The standard InChI is InChI=1S/C16H22FN3O2/c1-11(2)8-20(10-16-18-12(3)22-19-16)9-15(21)13-4-6-14(17)7-5-13/h4-7,11,15,21H,8-10H2,1-3H3/t15-/m0/s1. The fraction of sp³-hybridized carbons (Fsp3) is 0.500. The molecule has 0 aliphatic carbocycles. The van der Waals surface area contributed by atoms with Crippen LogP contribution in [0.1, 0.15) is 37.2 Å². The van der Waals surface area contributed by atoms with Crippen molar-refractivity contribution in [1.29, 1.82) is 0 Å². The maximum absolute atomic E-state index is 13.0. The molecule has 120 valence electrons.